The molecule has 1 atom stereocenters. The van der Waals surface area contributed by atoms with E-state index in [1.165, 1.54) is 0 Å². The number of halogens is 3. The summed E-state index contributed by atoms with van der Waals surface area (Å²) < 4.78 is 26.6. The van der Waals surface area contributed by atoms with Crippen molar-refractivity contribution in [3.63, 3.8) is 0 Å². The second-order valence-electron chi connectivity index (χ2n) is 2.00. The third-order valence-corrected chi connectivity index (χ3v) is 6.39. The van der Waals surface area contributed by atoms with E-state index in [0.29, 0.717) is 5.75 Å². The monoisotopic (exact) mass is 536 g/mol. The molecule has 1 N–H and O–H groups in total. The van der Waals surface area contributed by atoms with Crippen molar-refractivity contribution in [1.82, 2.24) is 0 Å². The Hall–Kier alpha value is 1.32. The van der Waals surface area contributed by atoms with Crippen LogP contribution in [0.1, 0.15) is 0 Å². The Morgan fingerprint density at radius 1 is 1.23 bits per heavy atom. The molecule has 1 rings (SSSR count). The Morgan fingerprint density at radius 2 is 1.69 bits per heavy atom. The molecule has 0 radical (unpaired) electrons. The predicted octanol–water partition coefficient (Wildman–Crippen LogP) is 3.02. The maximum absolute atomic E-state index is 10.4. The van der Waals surface area contributed by atoms with Gasteiger partial charge in [0.25, 0.3) is 0 Å². The van der Waals surface area contributed by atoms with Crippen molar-refractivity contribution in [1.29, 1.82) is 0 Å². The van der Waals surface area contributed by atoms with Crippen molar-refractivity contribution in [2.75, 3.05) is 0 Å². The Bertz CT molecular complexity index is 332. The minimum absolute atomic E-state index is 0.412. The fourth-order valence-electron chi connectivity index (χ4n) is 0.663. The highest BCUT2D eigenvalue weighted by Crippen LogP contribution is 2.26. The standard InChI is InChI=1S/C6H3I3O3S/c7-4-1-3(12-13(10)11)2-5(8)6(4)9/h1-2H,(H,10,11). The third kappa shape index (κ3) is 3.76. The second kappa shape index (κ2) is 5.42. The van der Waals surface area contributed by atoms with Crippen molar-refractivity contribution in [2.45, 2.75) is 0 Å². The van der Waals surface area contributed by atoms with Gasteiger partial charge < -0.3 is 4.18 Å². The molecule has 0 spiro atoms. The molecule has 0 fully saturated rings. The molecule has 0 saturated heterocycles. The lowest BCUT2D eigenvalue weighted by atomic mass is 10.3. The molecule has 0 heterocycles. The van der Waals surface area contributed by atoms with E-state index in [1.807, 2.05) is 0 Å². The summed E-state index contributed by atoms with van der Waals surface area (Å²) >= 11 is 4.26. The molecule has 0 amide bonds. The Kier molecular flexibility index (Phi) is 5.16. The van der Waals surface area contributed by atoms with Crippen LogP contribution in [0.4, 0.5) is 0 Å². The van der Waals surface area contributed by atoms with Crippen LogP contribution in [-0.2, 0) is 11.4 Å². The molecule has 0 aliphatic carbocycles. The predicted molar refractivity (Wildman–Crippen MR) is 76.0 cm³/mol. The van der Waals surface area contributed by atoms with Crippen LogP contribution in [0.2, 0.25) is 0 Å². The van der Waals surface area contributed by atoms with Gasteiger partial charge in [0.15, 0.2) is 0 Å². The van der Waals surface area contributed by atoms with Gasteiger partial charge in [0.2, 0.25) is 0 Å². The lowest BCUT2D eigenvalue weighted by Crippen LogP contribution is -1.99. The summed E-state index contributed by atoms with van der Waals surface area (Å²) in [5.41, 5.74) is 0. The molecule has 0 saturated carbocycles. The molecule has 72 valence electrons. The zero-order chi connectivity index (χ0) is 10.0. The average Bonchev–Trinajstić information content (AvgIpc) is 1.98. The molecule has 0 bridgehead atoms. The minimum Gasteiger partial charge on any atom is -0.380 e. The average molecular weight is 536 g/mol. The summed E-state index contributed by atoms with van der Waals surface area (Å²) in [6.45, 7) is 0. The highest BCUT2D eigenvalue weighted by Gasteiger charge is 2.06. The van der Waals surface area contributed by atoms with E-state index in [0.717, 1.165) is 10.7 Å². The minimum atomic E-state index is -2.25. The first-order valence-corrected chi connectivity index (χ1v) is 7.21. The first-order chi connectivity index (χ1) is 6.00. The van der Waals surface area contributed by atoms with Crippen LogP contribution in [0.3, 0.4) is 0 Å². The van der Waals surface area contributed by atoms with E-state index in [-0.39, 0.29) is 0 Å². The quantitative estimate of drug-likeness (QED) is 0.360. The first kappa shape index (κ1) is 12.4. The highest BCUT2D eigenvalue weighted by molar-refractivity contribution is 14.1. The molecule has 7 heteroatoms. The number of benzene rings is 1. The van der Waals surface area contributed by atoms with E-state index in [9.17, 15) is 4.21 Å². The molecular formula is C6H3I3O3S. The first-order valence-electron chi connectivity index (χ1n) is 2.94. The Labute approximate surface area is 119 Å². The lowest BCUT2D eigenvalue weighted by Gasteiger charge is -2.04. The molecule has 3 nitrogen and oxygen atoms in total. The van der Waals surface area contributed by atoms with Crippen LogP contribution in [0.5, 0.6) is 5.75 Å². The van der Waals surface area contributed by atoms with Gasteiger partial charge >= 0.3 is 11.4 Å². The zero-order valence-corrected chi connectivity index (χ0v) is 13.2. The summed E-state index contributed by atoms with van der Waals surface area (Å²) in [4.78, 5) is 0. The molecule has 1 aromatic rings. The molecule has 0 aliphatic rings. The van der Waals surface area contributed by atoms with Gasteiger partial charge in [-0.1, -0.05) is 0 Å². The third-order valence-electron chi connectivity index (χ3n) is 1.12. The van der Waals surface area contributed by atoms with Crippen LogP contribution < -0.4 is 4.18 Å². The van der Waals surface area contributed by atoms with E-state index in [4.69, 9.17) is 4.55 Å². The van der Waals surface area contributed by atoms with E-state index in [2.05, 4.69) is 72.0 Å². The van der Waals surface area contributed by atoms with Crippen LogP contribution >= 0.6 is 67.8 Å². The van der Waals surface area contributed by atoms with Crippen molar-refractivity contribution in [2.24, 2.45) is 0 Å². The summed E-state index contributed by atoms with van der Waals surface area (Å²) in [6, 6.07) is 3.44. The van der Waals surface area contributed by atoms with Crippen LogP contribution in [0.25, 0.3) is 0 Å². The van der Waals surface area contributed by atoms with Crippen molar-refractivity contribution < 1.29 is 12.9 Å². The van der Waals surface area contributed by atoms with Gasteiger partial charge in [-0.25, -0.2) is 0 Å². The highest BCUT2D eigenvalue weighted by atomic mass is 127. The Balaban J connectivity index is 3.06. The van der Waals surface area contributed by atoms with Crippen LogP contribution in [0, 0.1) is 10.7 Å². The van der Waals surface area contributed by atoms with Crippen LogP contribution in [-0.4, -0.2) is 8.76 Å². The summed E-state index contributed by atoms with van der Waals surface area (Å²) in [6.07, 6.45) is 0. The van der Waals surface area contributed by atoms with E-state index >= 15 is 0 Å². The fourth-order valence-corrected chi connectivity index (χ4v) is 2.95. The smallest absolute Gasteiger partial charge is 0.357 e. The van der Waals surface area contributed by atoms with Gasteiger partial charge in [-0.3, -0.25) is 4.55 Å². The fraction of sp³-hybridized carbons (Fsp3) is 0. The van der Waals surface area contributed by atoms with Gasteiger partial charge in [-0.2, -0.15) is 4.21 Å². The maximum atomic E-state index is 10.4. The maximum Gasteiger partial charge on any atom is 0.357 e. The number of hydrogen-bond donors (Lipinski definition) is 1. The molecule has 0 aliphatic heterocycles. The molecular weight excluding hydrogens is 533 g/mol. The van der Waals surface area contributed by atoms with Crippen molar-refractivity contribution in [3.8, 4) is 5.75 Å². The second-order valence-corrected chi connectivity index (χ2v) is 6.01. The SMILES string of the molecule is O=S(O)Oc1cc(I)c(I)c(I)c1. The normalized spacial score (nSPS) is 12.6. The number of rotatable bonds is 2. The van der Waals surface area contributed by atoms with E-state index in [1.54, 1.807) is 12.1 Å². The topological polar surface area (TPSA) is 46.5 Å². The molecule has 1 aromatic carbocycles. The molecule has 13 heavy (non-hydrogen) atoms. The van der Waals surface area contributed by atoms with Gasteiger partial charge in [-0.15, -0.1) is 0 Å². The molecule has 0 aromatic heterocycles. The van der Waals surface area contributed by atoms with Gasteiger partial charge in [0.1, 0.15) is 5.75 Å². The van der Waals surface area contributed by atoms with Gasteiger partial charge in [0, 0.05) is 10.7 Å². The zero-order valence-electron chi connectivity index (χ0n) is 5.96. The van der Waals surface area contributed by atoms with E-state index < -0.39 is 11.4 Å². The van der Waals surface area contributed by atoms with Gasteiger partial charge in [0.05, 0.1) is 0 Å². The summed E-state index contributed by atoms with van der Waals surface area (Å²) in [5.74, 6) is 0.412. The molecule has 1 unspecified atom stereocenters. The largest absolute Gasteiger partial charge is 0.380 e. The number of hydrogen-bond acceptors (Lipinski definition) is 2. The Morgan fingerprint density at radius 3 is 2.08 bits per heavy atom. The summed E-state index contributed by atoms with van der Waals surface area (Å²) in [5, 5.41) is 0. The van der Waals surface area contributed by atoms with Crippen molar-refractivity contribution in [3.05, 3.63) is 22.8 Å². The van der Waals surface area contributed by atoms with Crippen LogP contribution in [0.15, 0.2) is 12.1 Å². The van der Waals surface area contributed by atoms with Crippen molar-refractivity contribution >= 4 is 79.1 Å². The lowest BCUT2D eigenvalue weighted by molar-refractivity contribution is 0.457. The summed E-state index contributed by atoms with van der Waals surface area (Å²) in [7, 11) is 0. The van der Waals surface area contributed by atoms with Gasteiger partial charge in [-0.05, 0) is 79.9 Å².